The van der Waals surface area contributed by atoms with Crippen LogP contribution in [0.4, 0.5) is 0 Å². The summed E-state index contributed by atoms with van der Waals surface area (Å²) in [6, 6.07) is 35.5. The van der Waals surface area contributed by atoms with Gasteiger partial charge >= 0.3 is 0 Å². The van der Waals surface area contributed by atoms with E-state index in [9.17, 15) is 0 Å². The van der Waals surface area contributed by atoms with Crippen LogP contribution < -0.4 is 0 Å². The number of benzene rings is 4. The van der Waals surface area contributed by atoms with Crippen molar-refractivity contribution in [2.75, 3.05) is 0 Å². The molecule has 3 heteroatoms. The van der Waals surface area contributed by atoms with E-state index < -0.39 is 0 Å². The molecule has 3 nitrogen and oxygen atoms in total. The molecule has 0 saturated heterocycles. The van der Waals surface area contributed by atoms with Crippen LogP contribution in [0, 0.1) is 0 Å². The van der Waals surface area contributed by atoms with E-state index in [1.165, 1.54) is 0 Å². The predicted molar refractivity (Wildman–Crippen MR) is 135 cm³/mol. The van der Waals surface area contributed by atoms with Crippen molar-refractivity contribution in [2.24, 2.45) is 0 Å². The molecule has 3 aromatic heterocycles. The van der Waals surface area contributed by atoms with Crippen LogP contribution in [0.2, 0.25) is 0 Å². The summed E-state index contributed by atoms with van der Waals surface area (Å²) in [6.07, 6.45) is 1.82. The normalized spacial score (nSPS) is 11.6. The second-order valence-corrected chi connectivity index (χ2v) is 8.27. The Kier molecular flexibility index (Phi) is 3.84. The van der Waals surface area contributed by atoms with Gasteiger partial charge in [0.05, 0.1) is 16.7 Å². The Balaban J connectivity index is 1.41. The second kappa shape index (κ2) is 7.01. The van der Waals surface area contributed by atoms with Crippen LogP contribution in [0.25, 0.3) is 66.1 Å². The zero-order valence-corrected chi connectivity index (χ0v) is 17.7. The quantitative estimate of drug-likeness (QED) is 0.265. The van der Waals surface area contributed by atoms with Gasteiger partial charge in [0, 0.05) is 38.9 Å². The molecular weight excluding hydrogens is 404 g/mol. The Hall–Kier alpha value is -4.50. The molecule has 0 unspecified atom stereocenters. The minimum absolute atomic E-state index is 0.909. The SMILES string of the molecule is c1cc(-c2ccc3ccc4cccnc4c3n2)cc(-c2cccc3c2oc2ccccc23)c1. The van der Waals surface area contributed by atoms with E-state index in [4.69, 9.17) is 9.40 Å². The molecule has 0 saturated carbocycles. The largest absolute Gasteiger partial charge is 0.455 e. The van der Waals surface area contributed by atoms with Crippen molar-refractivity contribution in [3.05, 3.63) is 109 Å². The minimum atomic E-state index is 0.909. The van der Waals surface area contributed by atoms with Crippen LogP contribution >= 0.6 is 0 Å². The van der Waals surface area contributed by atoms with Crippen LogP contribution in [0.3, 0.4) is 0 Å². The first-order valence-corrected chi connectivity index (χ1v) is 11.0. The number of hydrogen-bond acceptors (Lipinski definition) is 3. The van der Waals surface area contributed by atoms with Crippen LogP contribution in [0.15, 0.2) is 114 Å². The van der Waals surface area contributed by atoms with Crippen LogP contribution in [-0.4, -0.2) is 9.97 Å². The molecule has 7 aromatic rings. The number of aromatic nitrogens is 2. The first-order chi connectivity index (χ1) is 16.3. The monoisotopic (exact) mass is 422 g/mol. The molecule has 0 radical (unpaired) electrons. The van der Waals surface area contributed by atoms with Gasteiger partial charge in [-0.2, -0.15) is 0 Å². The third-order valence-electron chi connectivity index (χ3n) is 6.31. The molecule has 4 aromatic carbocycles. The third kappa shape index (κ3) is 2.83. The van der Waals surface area contributed by atoms with Gasteiger partial charge in [0.25, 0.3) is 0 Å². The molecular formula is C30H18N2O. The van der Waals surface area contributed by atoms with Crippen LogP contribution in [0.1, 0.15) is 0 Å². The average Bonchev–Trinajstić information content (AvgIpc) is 3.27. The Bertz CT molecular complexity index is 1830. The molecule has 0 aliphatic heterocycles. The van der Waals surface area contributed by atoms with E-state index in [1.54, 1.807) is 0 Å². The number of furan rings is 1. The first kappa shape index (κ1) is 18.1. The Morgan fingerprint density at radius 2 is 1.36 bits per heavy atom. The Morgan fingerprint density at radius 3 is 2.33 bits per heavy atom. The lowest BCUT2D eigenvalue weighted by Gasteiger charge is -2.08. The van der Waals surface area contributed by atoms with E-state index in [-0.39, 0.29) is 0 Å². The molecule has 3 heterocycles. The average molecular weight is 422 g/mol. The molecule has 0 aliphatic carbocycles. The van der Waals surface area contributed by atoms with Gasteiger partial charge in [-0.1, -0.05) is 78.9 Å². The van der Waals surface area contributed by atoms with Crippen molar-refractivity contribution in [3.63, 3.8) is 0 Å². The summed E-state index contributed by atoms with van der Waals surface area (Å²) in [5, 5.41) is 4.46. The number of rotatable bonds is 2. The minimum Gasteiger partial charge on any atom is -0.455 e. The summed E-state index contributed by atoms with van der Waals surface area (Å²) in [5.74, 6) is 0. The van der Waals surface area contributed by atoms with E-state index in [2.05, 4.69) is 89.9 Å². The van der Waals surface area contributed by atoms with Crippen molar-refractivity contribution < 1.29 is 4.42 Å². The summed E-state index contributed by atoms with van der Waals surface area (Å²) in [5.41, 5.74) is 7.86. The molecule has 7 rings (SSSR count). The first-order valence-electron chi connectivity index (χ1n) is 11.0. The topological polar surface area (TPSA) is 38.9 Å². The van der Waals surface area contributed by atoms with Crippen molar-refractivity contribution >= 4 is 43.7 Å². The lowest BCUT2D eigenvalue weighted by atomic mass is 9.99. The molecule has 0 amide bonds. The zero-order valence-electron chi connectivity index (χ0n) is 17.7. The lowest BCUT2D eigenvalue weighted by molar-refractivity contribution is 0.670. The molecule has 0 fully saturated rings. The zero-order chi connectivity index (χ0) is 21.8. The highest BCUT2D eigenvalue weighted by atomic mass is 16.3. The van der Waals surface area contributed by atoms with Gasteiger partial charge in [0.1, 0.15) is 11.2 Å². The number of fused-ring (bicyclic) bond motifs is 6. The second-order valence-electron chi connectivity index (χ2n) is 8.27. The highest BCUT2D eigenvalue weighted by Gasteiger charge is 2.13. The molecule has 0 N–H and O–H groups in total. The van der Waals surface area contributed by atoms with E-state index >= 15 is 0 Å². The smallest absolute Gasteiger partial charge is 0.143 e. The standard InChI is InChI=1S/C30H18N2O/c1-2-12-27-24(9-1)25-11-4-10-23(30(25)33-27)21-6-3-7-22(18-21)26-16-15-20-14-13-19-8-5-17-31-28(19)29(20)32-26/h1-18H. The maximum Gasteiger partial charge on any atom is 0.143 e. The number of hydrogen-bond donors (Lipinski definition) is 0. The molecule has 33 heavy (non-hydrogen) atoms. The van der Waals surface area contributed by atoms with E-state index in [1.807, 2.05) is 24.4 Å². The van der Waals surface area contributed by atoms with Gasteiger partial charge in [0.2, 0.25) is 0 Å². The maximum absolute atomic E-state index is 6.27. The molecule has 0 atom stereocenters. The third-order valence-corrected chi connectivity index (χ3v) is 6.31. The molecule has 0 spiro atoms. The molecule has 0 aliphatic rings. The lowest BCUT2D eigenvalue weighted by Crippen LogP contribution is -1.89. The summed E-state index contributed by atoms with van der Waals surface area (Å²) in [4.78, 5) is 9.61. The number of para-hydroxylation sites is 2. The van der Waals surface area contributed by atoms with Gasteiger partial charge in [-0.3, -0.25) is 4.98 Å². The van der Waals surface area contributed by atoms with Crippen LogP contribution in [-0.2, 0) is 0 Å². The highest BCUT2D eigenvalue weighted by Crippen LogP contribution is 2.37. The van der Waals surface area contributed by atoms with Crippen molar-refractivity contribution in [1.29, 1.82) is 0 Å². The van der Waals surface area contributed by atoms with Crippen molar-refractivity contribution in [2.45, 2.75) is 0 Å². The van der Waals surface area contributed by atoms with Crippen molar-refractivity contribution in [1.82, 2.24) is 9.97 Å². The van der Waals surface area contributed by atoms with Gasteiger partial charge in [-0.25, -0.2) is 4.98 Å². The highest BCUT2D eigenvalue weighted by molar-refractivity contribution is 6.09. The van der Waals surface area contributed by atoms with Crippen LogP contribution in [0.5, 0.6) is 0 Å². The summed E-state index contributed by atoms with van der Waals surface area (Å²) >= 11 is 0. The summed E-state index contributed by atoms with van der Waals surface area (Å²) < 4.78 is 6.27. The Morgan fingerprint density at radius 1 is 0.576 bits per heavy atom. The summed E-state index contributed by atoms with van der Waals surface area (Å²) in [6.45, 7) is 0. The molecule has 0 bridgehead atoms. The number of nitrogens with zero attached hydrogens (tertiary/aromatic N) is 2. The molecule has 154 valence electrons. The fourth-order valence-corrected chi connectivity index (χ4v) is 4.71. The predicted octanol–water partition coefficient (Wildman–Crippen LogP) is 8.02. The number of pyridine rings is 2. The van der Waals surface area contributed by atoms with Gasteiger partial charge in [0.15, 0.2) is 0 Å². The fraction of sp³-hybridized carbons (Fsp3) is 0. The van der Waals surface area contributed by atoms with Crippen molar-refractivity contribution in [3.8, 4) is 22.4 Å². The van der Waals surface area contributed by atoms with Gasteiger partial charge < -0.3 is 4.42 Å². The van der Waals surface area contributed by atoms with Gasteiger partial charge in [-0.15, -0.1) is 0 Å². The Labute approximate surface area is 190 Å². The van der Waals surface area contributed by atoms with E-state index in [0.29, 0.717) is 0 Å². The van der Waals surface area contributed by atoms with Gasteiger partial charge in [-0.05, 0) is 29.8 Å². The maximum atomic E-state index is 6.27. The van der Waals surface area contributed by atoms with E-state index in [0.717, 1.165) is 66.1 Å². The fourth-order valence-electron chi connectivity index (χ4n) is 4.71. The summed E-state index contributed by atoms with van der Waals surface area (Å²) in [7, 11) is 0.